The number of carbonyl (C=O) groups is 1. The zero-order chi connectivity index (χ0) is 12.7. The van der Waals surface area contributed by atoms with Crippen LogP contribution in [0, 0.1) is 11.8 Å². The topological polar surface area (TPSA) is 26.3 Å². The number of thioether (sulfide) groups is 1. The van der Waals surface area contributed by atoms with Crippen molar-refractivity contribution in [3.8, 4) is 17.6 Å². The maximum absolute atomic E-state index is 10.7. The molecule has 0 fully saturated rings. The number of halogens is 1. The van der Waals surface area contributed by atoms with E-state index in [-0.39, 0.29) is 5.12 Å². The van der Waals surface area contributed by atoms with Gasteiger partial charge in [0.1, 0.15) is 5.75 Å². The molecule has 1 aromatic rings. The second-order valence-electron chi connectivity index (χ2n) is 3.24. The molecule has 0 atom stereocenters. The van der Waals surface area contributed by atoms with E-state index in [0.717, 1.165) is 21.5 Å². The fraction of sp³-hybridized carbons (Fsp3) is 0.308. The summed E-state index contributed by atoms with van der Waals surface area (Å²) in [6.45, 7) is 1.57. The summed E-state index contributed by atoms with van der Waals surface area (Å²) in [5.41, 5.74) is 0.915. The lowest BCUT2D eigenvalue weighted by Crippen LogP contribution is -1.86. The average Bonchev–Trinajstić information content (AvgIpc) is 2.30. The molecule has 0 spiro atoms. The molecule has 1 aromatic carbocycles. The normalized spacial score (nSPS) is 9.35. The van der Waals surface area contributed by atoms with Crippen LogP contribution in [-0.4, -0.2) is 18.0 Å². The molecule has 90 valence electrons. The molecule has 0 bridgehead atoms. The first-order valence-corrected chi connectivity index (χ1v) is 6.87. The van der Waals surface area contributed by atoms with Crippen LogP contribution >= 0.6 is 27.7 Å². The van der Waals surface area contributed by atoms with Gasteiger partial charge in [-0.05, 0) is 34.1 Å². The van der Waals surface area contributed by atoms with Crippen molar-refractivity contribution in [3.05, 3.63) is 28.2 Å². The van der Waals surface area contributed by atoms with Crippen LogP contribution in [0.1, 0.15) is 18.9 Å². The molecule has 0 unspecified atom stereocenters. The zero-order valence-electron chi connectivity index (χ0n) is 9.75. The van der Waals surface area contributed by atoms with Crippen molar-refractivity contribution in [2.75, 3.05) is 12.9 Å². The van der Waals surface area contributed by atoms with Crippen LogP contribution in [-0.2, 0) is 4.79 Å². The van der Waals surface area contributed by atoms with Gasteiger partial charge in [0.2, 0.25) is 0 Å². The maximum atomic E-state index is 10.7. The SMILES string of the molecule is COc1cc(C#CCCSC(C)=O)ccc1Br. The molecule has 0 saturated carbocycles. The molecule has 17 heavy (non-hydrogen) atoms. The molecule has 2 nitrogen and oxygen atoms in total. The molecule has 0 N–H and O–H groups in total. The average molecular weight is 313 g/mol. The Bertz CT molecular complexity index is 460. The minimum atomic E-state index is 0.136. The number of rotatable bonds is 3. The highest BCUT2D eigenvalue weighted by Crippen LogP contribution is 2.25. The highest BCUT2D eigenvalue weighted by atomic mass is 79.9. The molecule has 0 saturated heterocycles. The summed E-state index contributed by atoms with van der Waals surface area (Å²) in [6, 6.07) is 5.72. The van der Waals surface area contributed by atoms with Crippen LogP contribution in [0.15, 0.2) is 22.7 Å². The predicted molar refractivity (Wildman–Crippen MR) is 75.3 cm³/mol. The number of hydrogen-bond donors (Lipinski definition) is 0. The van der Waals surface area contributed by atoms with Crippen molar-refractivity contribution in [2.24, 2.45) is 0 Å². The molecule has 0 aliphatic carbocycles. The van der Waals surface area contributed by atoms with Gasteiger partial charge in [0, 0.05) is 24.7 Å². The van der Waals surface area contributed by atoms with Crippen LogP contribution in [0.4, 0.5) is 0 Å². The number of ether oxygens (including phenoxy) is 1. The molecular weight excluding hydrogens is 300 g/mol. The molecule has 0 amide bonds. The summed E-state index contributed by atoms with van der Waals surface area (Å²) in [7, 11) is 1.63. The predicted octanol–water partition coefficient (Wildman–Crippen LogP) is 3.48. The summed E-state index contributed by atoms with van der Waals surface area (Å²) in [5.74, 6) is 7.60. The van der Waals surface area contributed by atoms with Crippen molar-refractivity contribution in [1.29, 1.82) is 0 Å². The van der Waals surface area contributed by atoms with E-state index in [9.17, 15) is 4.79 Å². The van der Waals surface area contributed by atoms with Gasteiger partial charge >= 0.3 is 0 Å². The monoisotopic (exact) mass is 312 g/mol. The van der Waals surface area contributed by atoms with Gasteiger partial charge in [-0.1, -0.05) is 23.6 Å². The highest BCUT2D eigenvalue weighted by Gasteiger charge is 1.99. The van der Waals surface area contributed by atoms with Crippen molar-refractivity contribution in [3.63, 3.8) is 0 Å². The Balaban J connectivity index is 2.57. The van der Waals surface area contributed by atoms with Crippen molar-refractivity contribution in [2.45, 2.75) is 13.3 Å². The molecule has 0 radical (unpaired) electrons. The molecule has 0 heterocycles. The second-order valence-corrected chi connectivity index (χ2v) is 5.37. The van der Waals surface area contributed by atoms with Gasteiger partial charge in [-0.15, -0.1) is 0 Å². The van der Waals surface area contributed by atoms with E-state index in [0.29, 0.717) is 6.42 Å². The highest BCUT2D eigenvalue weighted by molar-refractivity contribution is 9.10. The maximum Gasteiger partial charge on any atom is 0.185 e. The van der Waals surface area contributed by atoms with E-state index < -0.39 is 0 Å². The lowest BCUT2D eigenvalue weighted by Gasteiger charge is -2.02. The van der Waals surface area contributed by atoms with E-state index in [4.69, 9.17) is 4.74 Å². The quantitative estimate of drug-likeness (QED) is 0.631. The molecule has 0 aromatic heterocycles. The number of carbonyl (C=O) groups excluding carboxylic acids is 1. The lowest BCUT2D eigenvalue weighted by atomic mass is 10.2. The third-order valence-corrected chi connectivity index (χ3v) is 3.39. The Morgan fingerprint density at radius 1 is 1.53 bits per heavy atom. The fourth-order valence-corrected chi connectivity index (χ4v) is 2.05. The van der Waals surface area contributed by atoms with Crippen molar-refractivity contribution >= 4 is 32.8 Å². The summed E-state index contributed by atoms with van der Waals surface area (Å²) >= 11 is 4.69. The van der Waals surface area contributed by atoms with E-state index >= 15 is 0 Å². The minimum absolute atomic E-state index is 0.136. The molecule has 4 heteroatoms. The summed E-state index contributed by atoms with van der Waals surface area (Å²) in [4.78, 5) is 10.7. The Morgan fingerprint density at radius 3 is 2.94 bits per heavy atom. The van der Waals surface area contributed by atoms with Crippen molar-refractivity contribution in [1.82, 2.24) is 0 Å². The second kappa shape index (κ2) is 7.41. The van der Waals surface area contributed by atoms with Crippen LogP contribution in [0.2, 0.25) is 0 Å². The fourth-order valence-electron chi connectivity index (χ4n) is 1.15. The molecular formula is C13H13BrO2S. The number of hydrogen-bond acceptors (Lipinski definition) is 3. The van der Waals surface area contributed by atoms with E-state index in [1.54, 1.807) is 14.0 Å². The summed E-state index contributed by atoms with van der Waals surface area (Å²) in [6.07, 6.45) is 0.711. The molecule has 1 rings (SSSR count). The largest absolute Gasteiger partial charge is 0.496 e. The van der Waals surface area contributed by atoms with E-state index in [2.05, 4.69) is 27.8 Å². The van der Waals surface area contributed by atoms with Gasteiger partial charge in [0.05, 0.1) is 11.6 Å². The Labute approximate surface area is 114 Å². The van der Waals surface area contributed by atoms with E-state index in [1.807, 2.05) is 18.2 Å². The zero-order valence-corrected chi connectivity index (χ0v) is 12.2. The molecule has 0 aliphatic heterocycles. The Morgan fingerprint density at radius 2 is 2.29 bits per heavy atom. The van der Waals surface area contributed by atoms with Crippen LogP contribution < -0.4 is 4.74 Å². The van der Waals surface area contributed by atoms with Crippen LogP contribution in [0.25, 0.3) is 0 Å². The van der Waals surface area contributed by atoms with Crippen LogP contribution in [0.5, 0.6) is 5.75 Å². The third-order valence-electron chi connectivity index (χ3n) is 1.92. The van der Waals surface area contributed by atoms with Gasteiger partial charge in [-0.3, -0.25) is 4.79 Å². The van der Waals surface area contributed by atoms with Gasteiger partial charge in [-0.2, -0.15) is 0 Å². The summed E-state index contributed by atoms with van der Waals surface area (Å²) < 4.78 is 6.10. The minimum Gasteiger partial charge on any atom is -0.496 e. The Hall–Kier alpha value is -0.920. The lowest BCUT2D eigenvalue weighted by molar-refractivity contribution is -0.109. The number of methoxy groups -OCH3 is 1. The van der Waals surface area contributed by atoms with Crippen LogP contribution in [0.3, 0.4) is 0 Å². The first kappa shape index (κ1) is 14.1. The van der Waals surface area contributed by atoms with Gasteiger partial charge in [0.15, 0.2) is 5.12 Å². The molecule has 0 aliphatic rings. The number of benzene rings is 1. The van der Waals surface area contributed by atoms with Gasteiger partial charge in [0.25, 0.3) is 0 Å². The van der Waals surface area contributed by atoms with Crippen molar-refractivity contribution < 1.29 is 9.53 Å². The van der Waals surface area contributed by atoms with Gasteiger partial charge < -0.3 is 4.74 Å². The first-order valence-electron chi connectivity index (χ1n) is 5.09. The standard InChI is InChI=1S/C13H13BrO2S/c1-10(15)17-8-4-3-5-11-6-7-12(14)13(9-11)16-2/h6-7,9H,4,8H2,1-2H3. The third kappa shape index (κ3) is 5.29. The van der Waals surface area contributed by atoms with Gasteiger partial charge in [-0.25, -0.2) is 0 Å². The van der Waals surface area contributed by atoms with E-state index in [1.165, 1.54) is 11.8 Å². The smallest absolute Gasteiger partial charge is 0.185 e. The first-order chi connectivity index (χ1) is 8.13. The Kier molecular flexibility index (Phi) is 6.17. The summed E-state index contributed by atoms with van der Waals surface area (Å²) in [5, 5.41) is 0.136.